The summed E-state index contributed by atoms with van der Waals surface area (Å²) in [6.07, 6.45) is 1.83. The van der Waals surface area contributed by atoms with Crippen molar-refractivity contribution in [2.24, 2.45) is 5.73 Å². The predicted octanol–water partition coefficient (Wildman–Crippen LogP) is 1.15. The molecule has 4 nitrogen and oxygen atoms in total. The van der Waals surface area contributed by atoms with E-state index in [0.29, 0.717) is 19.1 Å². The Bertz CT molecular complexity index is 384. The lowest BCUT2D eigenvalue weighted by Crippen LogP contribution is -2.38. The van der Waals surface area contributed by atoms with Gasteiger partial charge in [0.2, 0.25) is 0 Å². The molecule has 1 heterocycles. The van der Waals surface area contributed by atoms with Crippen molar-refractivity contribution in [2.45, 2.75) is 25.0 Å². The Morgan fingerprint density at radius 2 is 2.39 bits per heavy atom. The molecule has 0 saturated carbocycles. The zero-order chi connectivity index (χ0) is 13.0. The summed E-state index contributed by atoms with van der Waals surface area (Å²) in [4.78, 5) is 2.28. The summed E-state index contributed by atoms with van der Waals surface area (Å²) in [7, 11) is 1.64. The molecule has 18 heavy (non-hydrogen) atoms. The number of methoxy groups -OCH3 is 1. The van der Waals surface area contributed by atoms with Crippen LogP contribution in [0, 0.1) is 0 Å². The van der Waals surface area contributed by atoms with Crippen LogP contribution in [0.15, 0.2) is 24.3 Å². The van der Waals surface area contributed by atoms with E-state index in [0.717, 1.165) is 24.3 Å². The number of nitrogens with zero attached hydrogens (tertiary/aromatic N) is 1. The highest BCUT2D eigenvalue weighted by atomic mass is 16.5. The van der Waals surface area contributed by atoms with Crippen LogP contribution in [-0.2, 0) is 0 Å². The average Bonchev–Trinajstić information content (AvgIpc) is 2.86. The van der Waals surface area contributed by atoms with Crippen LogP contribution < -0.4 is 10.5 Å². The van der Waals surface area contributed by atoms with Crippen molar-refractivity contribution < 1.29 is 9.84 Å². The summed E-state index contributed by atoms with van der Waals surface area (Å²) in [5.41, 5.74) is 6.64. The van der Waals surface area contributed by atoms with E-state index in [4.69, 9.17) is 10.5 Å². The lowest BCUT2D eigenvalue weighted by atomic mass is 10.1. The van der Waals surface area contributed by atoms with Gasteiger partial charge in [0.1, 0.15) is 5.75 Å². The molecule has 1 aliphatic rings. The molecule has 0 aliphatic carbocycles. The second kappa shape index (κ2) is 6.18. The first-order chi connectivity index (χ1) is 8.74. The molecule has 1 saturated heterocycles. The zero-order valence-corrected chi connectivity index (χ0v) is 10.9. The zero-order valence-electron chi connectivity index (χ0n) is 10.9. The van der Waals surface area contributed by atoms with Crippen LogP contribution in [0.2, 0.25) is 0 Å². The number of likely N-dealkylation sites (tertiary alicyclic amines) is 1. The largest absolute Gasteiger partial charge is 0.497 e. The molecule has 2 unspecified atom stereocenters. The minimum absolute atomic E-state index is 0.422. The molecule has 100 valence electrons. The number of aliphatic hydroxyl groups is 1. The molecule has 2 atom stereocenters. The highest BCUT2D eigenvalue weighted by Crippen LogP contribution is 2.23. The third-order valence-corrected chi connectivity index (χ3v) is 3.66. The van der Waals surface area contributed by atoms with Crippen LogP contribution in [0.3, 0.4) is 0 Å². The smallest absolute Gasteiger partial charge is 0.119 e. The Labute approximate surface area is 108 Å². The maximum Gasteiger partial charge on any atom is 0.119 e. The van der Waals surface area contributed by atoms with Crippen LogP contribution in [0.4, 0.5) is 0 Å². The second-order valence-corrected chi connectivity index (χ2v) is 4.82. The molecule has 0 amide bonds. The van der Waals surface area contributed by atoms with Crippen LogP contribution in [0.1, 0.15) is 24.5 Å². The van der Waals surface area contributed by atoms with Gasteiger partial charge in [0.15, 0.2) is 0 Å². The van der Waals surface area contributed by atoms with E-state index in [-0.39, 0.29) is 0 Å². The second-order valence-electron chi connectivity index (χ2n) is 4.82. The molecular formula is C14H22N2O2. The number of nitrogens with two attached hydrogens (primary N) is 1. The monoisotopic (exact) mass is 250 g/mol. The molecule has 1 aromatic carbocycles. The van der Waals surface area contributed by atoms with Gasteiger partial charge >= 0.3 is 0 Å². The minimum atomic E-state index is -0.479. The van der Waals surface area contributed by atoms with Crippen LogP contribution >= 0.6 is 0 Å². The van der Waals surface area contributed by atoms with E-state index in [2.05, 4.69) is 4.90 Å². The Kier molecular flexibility index (Phi) is 4.58. The topological polar surface area (TPSA) is 58.7 Å². The van der Waals surface area contributed by atoms with Gasteiger partial charge < -0.3 is 15.6 Å². The molecule has 3 N–H and O–H groups in total. The first kappa shape index (κ1) is 13.3. The average molecular weight is 250 g/mol. The molecule has 1 aliphatic heterocycles. The van der Waals surface area contributed by atoms with E-state index in [9.17, 15) is 5.11 Å². The van der Waals surface area contributed by atoms with Crippen molar-refractivity contribution in [3.05, 3.63) is 29.8 Å². The van der Waals surface area contributed by atoms with Crippen molar-refractivity contribution in [1.29, 1.82) is 0 Å². The van der Waals surface area contributed by atoms with Crippen LogP contribution in [0.5, 0.6) is 5.75 Å². The van der Waals surface area contributed by atoms with Crippen molar-refractivity contribution in [2.75, 3.05) is 26.7 Å². The maximum atomic E-state index is 10.3. The summed E-state index contributed by atoms with van der Waals surface area (Å²) in [5, 5.41) is 10.3. The number of hydrogen-bond acceptors (Lipinski definition) is 4. The normalized spacial score (nSPS) is 22.1. The third kappa shape index (κ3) is 3.02. The highest BCUT2D eigenvalue weighted by molar-refractivity contribution is 5.29. The first-order valence-electron chi connectivity index (χ1n) is 6.50. The lowest BCUT2D eigenvalue weighted by Gasteiger charge is -2.26. The Balaban J connectivity index is 2.00. The molecule has 0 bridgehead atoms. The summed E-state index contributed by atoms with van der Waals surface area (Å²) in [5.74, 6) is 0.781. The fourth-order valence-corrected chi connectivity index (χ4v) is 2.58. The van der Waals surface area contributed by atoms with Crippen molar-refractivity contribution >= 4 is 0 Å². The molecule has 0 radical (unpaired) electrons. The molecule has 0 aromatic heterocycles. The van der Waals surface area contributed by atoms with Crippen molar-refractivity contribution in [3.63, 3.8) is 0 Å². The Morgan fingerprint density at radius 3 is 3.11 bits per heavy atom. The molecule has 2 rings (SSSR count). The SMILES string of the molecule is COc1cccc(C(O)CN2CCCC2CN)c1. The molecule has 1 aromatic rings. The van der Waals surface area contributed by atoms with Gasteiger partial charge in [-0.15, -0.1) is 0 Å². The van der Waals surface area contributed by atoms with E-state index in [1.54, 1.807) is 7.11 Å². The number of aliphatic hydroxyl groups excluding tert-OH is 1. The van der Waals surface area contributed by atoms with E-state index < -0.39 is 6.10 Å². The summed E-state index contributed by atoms with van der Waals surface area (Å²) >= 11 is 0. The van der Waals surface area contributed by atoms with Gasteiger partial charge in [-0.2, -0.15) is 0 Å². The fourth-order valence-electron chi connectivity index (χ4n) is 2.58. The van der Waals surface area contributed by atoms with Gasteiger partial charge in [0, 0.05) is 19.1 Å². The number of benzene rings is 1. The quantitative estimate of drug-likeness (QED) is 0.823. The maximum absolute atomic E-state index is 10.3. The van der Waals surface area contributed by atoms with E-state index >= 15 is 0 Å². The molecular weight excluding hydrogens is 228 g/mol. The van der Waals surface area contributed by atoms with Crippen molar-refractivity contribution in [3.8, 4) is 5.75 Å². The Morgan fingerprint density at radius 1 is 1.56 bits per heavy atom. The number of hydrogen-bond donors (Lipinski definition) is 2. The summed E-state index contributed by atoms with van der Waals surface area (Å²) < 4.78 is 5.17. The van der Waals surface area contributed by atoms with Gasteiger partial charge in [0.25, 0.3) is 0 Å². The van der Waals surface area contributed by atoms with Gasteiger partial charge in [-0.25, -0.2) is 0 Å². The van der Waals surface area contributed by atoms with E-state index in [1.165, 1.54) is 6.42 Å². The Hall–Kier alpha value is -1.10. The standard InChI is InChI=1S/C14H22N2O2/c1-18-13-6-2-4-11(8-13)14(17)10-16-7-3-5-12(16)9-15/h2,4,6,8,12,14,17H,3,5,7,9-10,15H2,1H3. The molecule has 1 fully saturated rings. The summed E-state index contributed by atoms with van der Waals surface area (Å²) in [6, 6.07) is 8.03. The van der Waals surface area contributed by atoms with Gasteiger partial charge in [-0.1, -0.05) is 12.1 Å². The van der Waals surface area contributed by atoms with Gasteiger partial charge in [-0.05, 0) is 37.1 Å². The number of ether oxygens (including phenoxy) is 1. The van der Waals surface area contributed by atoms with Crippen LogP contribution in [0.25, 0.3) is 0 Å². The minimum Gasteiger partial charge on any atom is -0.497 e. The fraction of sp³-hybridized carbons (Fsp3) is 0.571. The predicted molar refractivity (Wildman–Crippen MR) is 71.6 cm³/mol. The highest BCUT2D eigenvalue weighted by Gasteiger charge is 2.25. The summed E-state index contributed by atoms with van der Waals surface area (Å²) in [6.45, 7) is 2.35. The molecule has 0 spiro atoms. The van der Waals surface area contributed by atoms with Gasteiger partial charge in [-0.3, -0.25) is 4.90 Å². The van der Waals surface area contributed by atoms with Crippen LogP contribution in [-0.4, -0.2) is 42.8 Å². The van der Waals surface area contributed by atoms with E-state index in [1.807, 2.05) is 24.3 Å². The van der Waals surface area contributed by atoms with Gasteiger partial charge in [0.05, 0.1) is 13.2 Å². The third-order valence-electron chi connectivity index (χ3n) is 3.66. The number of rotatable bonds is 5. The number of β-amino-alcohol motifs (C(OH)–C–C–N with tert-alkyl or cyclic N) is 1. The lowest BCUT2D eigenvalue weighted by molar-refractivity contribution is 0.107. The van der Waals surface area contributed by atoms with Crippen molar-refractivity contribution in [1.82, 2.24) is 4.90 Å². The molecule has 4 heteroatoms. The first-order valence-corrected chi connectivity index (χ1v) is 6.50.